The Bertz CT molecular complexity index is 1500. The van der Waals surface area contributed by atoms with Gasteiger partial charge in [-0.05, 0) is 65.2 Å². The van der Waals surface area contributed by atoms with Crippen molar-refractivity contribution in [3.05, 3.63) is 125 Å². The Labute approximate surface area is 219 Å². The topological polar surface area (TPSA) is 51.0 Å². The summed E-state index contributed by atoms with van der Waals surface area (Å²) in [6, 6.07) is 27.1. The zero-order chi connectivity index (χ0) is 25.8. The lowest BCUT2D eigenvalue weighted by atomic mass is 10.0. The fourth-order valence-corrected chi connectivity index (χ4v) is 4.46. The molecule has 5 nitrogen and oxygen atoms in total. The minimum absolute atomic E-state index is 0.0786. The summed E-state index contributed by atoms with van der Waals surface area (Å²) in [6.45, 7) is 0.323. The van der Waals surface area contributed by atoms with Gasteiger partial charge in [-0.25, -0.2) is 4.39 Å². The zero-order valence-electron chi connectivity index (χ0n) is 20.2. The van der Waals surface area contributed by atoms with Crippen molar-refractivity contribution >= 4 is 23.3 Å². The molecule has 0 aliphatic rings. The second-order valence-corrected chi connectivity index (χ2v) is 9.12. The van der Waals surface area contributed by atoms with Crippen LogP contribution in [0.25, 0.3) is 22.4 Å². The average molecular weight is 511 g/mol. The molecule has 7 heteroatoms. The molecule has 0 N–H and O–H groups in total. The number of carbonyl (C=O) groups is 1. The standard InChI is InChI=1S/C30H24ClFN4O/c1-35-30(28(23-15-17-33-18-16-23)29(34-35)24-9-13-26(32)14-10-24)36(20-22-7-11-25(31)12-8-22)27(37)19-21-5-3-2-4-6-21/h2-18H,19-20H2,1H3. The van der Waals surface area contributed by atoms with E-state index in [1.165, 1.54) is 12.1 Å². The second-order valence-electron chi connectivity index (χ2n) is 8.68. The summed E-state index contributed by atoms with van der Waals surface area (Å²) in [5, 5.41) is 5.44. The third-order valence-electron chi connectivity index (χ3n) is 6.11. The summed E-state index contributed by atoms with van der Waals surface area (Å²) < 4.78 is 15.4. The Morgan fingerprint density at radius 3 is 2.22 bits per heavy atom. The van der Waals surface area contributed by atoms with Crippen molar-refractivity contribution in [1.29, 1.82) is 0 Å². The molecular formula is C30H24ClFN4O. The number of carbonyl (C=O) groups excluding carboxylic acids is 1. The number of amides is 1. The normalized spacial score (nSPS) is 10.9. The number of aromatic nitrogens is 3. The number of benzene rings is 3. The number of nitrogens with zero attached hydrogens (tertiary/aromatic N) is 4. The molecule has 2 heterocycles. The van der Waals surface area contributed by atoms with Crippen molar-refractivity contribution in [2.75, 3.05) is 4.90 Å². The molecule has 5 aromatic rings. The number of hydrogen-bond donors (Lipinski definition) is 0. The molecular weight excluding hydrogens is 487 g/mol. The summed E-state index contributed by atoms with van der Waals surface area (Å²) in [5.74, 6) is 0.235. The van der Waals surface area contributed by atoms with Gasteiger partial charge in [0.25, 0.3) is 0 Å². The van der Waals surface area contributed by atoms with E-state index in [9.17, 15) is 9.18 Å². The van der Waals surface area contributed by atoms with Crippen molar-refractivity contribution in [1.82, 2.24) is 14.8 Å². The Morgan fingerprint density at radius 2 is 1.54 bits per heavy atom. The van der Waals surface area contributed by atoms with Gasteiger partial charge in [-0.3, -0.25) is 19.4 Å². The van der Waals surface area contributed by atoms with Gasteiger partial charge in [-0.1, -0.05) is 54.1 Å². The van der Waals surface area contributed by atoms with E-state index < -0.39 is 0 Å². The summed E-state index contributed by atoms with van der Waals surface area (Å²) in [7, 11) is 1.82. The van der Waals surface area contributed by atoms with Gasteiger partial charge < -0.3 is 0 Å². The molecule has 0 unspecified atom stereocenters. The molecule has 2 aromatic heterocycles. The first-order chi connectivity index (χ1) is 18.0. The SMILES string of the molecule is Cn1nc(-c2ccc(F)cc2)c(-c2ccncc2)c1N(Cc1ccc(Cl)cc1)C(=O)Cc1ccccc1. The van der Waals surface area contributed by atoms with Crippen LogP contribution >= 0.6 is 11.6 Å². The van der Waals surface area contributed by atoms with Gasteiger partial charge in [0.05, 0.1) is 18.5 Å². The van der Waals surface area contributed by atoms with Gasteiger partial charge in [-0.2, -0.15) is 5.10 Å². The quantitative estimate of drug-likeness (QED) is 0.244. The Balaban J connectivity index is 1.67. The first-order valence-electron chi connectivity index (χ1n) is 11.8. The van der Waals surface area contributed by atoms with E-state index in [0.29, 0.717) is 23.1 Å². The molecule has 0 saturated heterocycles. The average Bonchev–Trinajstić information content (AvgIpc) is 3.26. The zero-order valence-corrected chi connectivity index (χ0v) is 20.9. The summed E-state index contributed by atoms with van der Waals surface area (Å²) >= 11 is 6.12. The molecule has 0 fully saturated rings. The van der Waals surface area contributed by atoms with Crippen LogP contribution in [0.5, 0.6) is 0 Å². The first-order valence-corrected chi connectivity index (χ1v) is 12.2. The number of aryl methyl sites for hydroxylation is 1. The van der Waals surface area contributed by atoms with Crippen molar-refractivity contribution < 1.29 is 9.18 Å². The van der Waals surface area contributed by atoms with E-state index in [-0.39, 0.29) is 18.1 Å². The van der Waals surface area contributed by atoms with E-state index in [0.717, 1.165) is 27.8 Å². The molecule has 0 saturated carbocycles. The van der Waals surface area contributed by atoms with Crippen molar-refractivity contribution in [2.24, 2.45) is 7.05 Å². The molecule has 1 amide bonds. The molecule has 184 valence electrons. The molecule has 37 heavy (non-hydrogen) atoms. The van der Waals surface area contributed by atoms with Crippen LogP contribution in [0.1, 0.15) is 11.1 Å². The second kappa shape index (κ2) is 10.8. The van der Waals surface area contributed by atoms with Gasteiger partial charge in [0.15, 0.2) is 0 Å². The Hall–Kier alpha value is -4.29. The minimum Gasteiger partial charge on any atom is -0.292 e. The molecule has 0 spiro atoms. The number of pyridine rings is 1. The van der Waals surface area contributed by atoms with Crippen LogP contribution in [0.4, 0.5) is 10.2 Å². The fourth-order valence-electron chi connectivity index (χ4n) is 4.34. The summed E-state index contributed by atoms with van der Waals surface area (Å²) in [5.41, 5.74) is 4.86. The van der Waals surface area contributed by atoms with E-state index in [1.54, 1.807) is 34.1 Å². The predicted molar refractivity (Wildman–Crippen MR) is 145 cm³/mol. The van der Waals surface area contributed by atoms with Crippen LogP contribution in [-0.4, -0.2) is 20.7 Å². The highest BCUT2D eigenvalue weighted by Crippen LogP contribution is 2.40. The van der Waals surface area contributed by atoms with Crippen LogP contribution in [0.3, 0.4) is 0 Å². The van der Waals surface area contributed by atoms with Gasteiger partial charge in [-0.15, -0.1) is 0 Å². The van der Waals surface area contributed by atoms with E-state index in [4.69, 9.17) is 16.7 Å². The Morgan fingerprint density at radius 1 is 0.865 bits per heavy atom. The molecule has 0 aliphatic heterocycles. The monoisotopic (exact) mass is 510 g/mol. The van der Waals surface area contributed by atoms with Crippen molar-refractivity contribution in [3.63, 3.8) is 0 Å². The van der Waals surface area contributed by atoms with Crippen LogP contribution in [0, 0.1) is 5.82 Å². The Kier molecular flexibility index (Phi) is 7.10. The van der Waals surface area contributed by atoms with Crippen molar-refractivity contribution in [3.8, 4) is 22.4 Å². The number of hydrogen-bond acceptors (Lipinski definition) is 3. The van der Waals surface area contributed by atoms with Crippen molar-refractivity contribution in [2.45, 2.75) is 13.0 Å². The minimum atomic E-state index is -0.326. The van der Waals surface area contributed by atoms with Crippen LogP contribution < -0.4 is 4.90 Å². The third-order valence-corrected chi connectivity index (χ3v) is 6.36. The van der Waals surface area contributed by atoms with Gasteiger partial charge in [0, 0.05) is 30.0 Å². The first kappa shape index (κ1) is 24.4. The van der Waals surface area contributed by atoms with Crippen LogP contribution in [-0.2, 0) is 24.8 Å². The molecule has 0 bridgehead atoms. The highest BCUT2D eigenvalue weighted by atomic mass is 35.5. The predicted octanol–water partition coefficient (Wildman–Crippen LogP) is 6.72. The fraction of sp³-hybridized carbons (Fsp3) is 0.100. The maximum atomic E-state index is 13.9. The lowest BCUT2D eigenvalue weighted by Gasteiger charge is -2.25. The summed E-state index contributed by atoms with van der Waals surface area (Å²) in [4.78, 5) is 19.8. The lowest BCUT2D eigenvalue weighted by molar-refractivity contribution is -0.118. The van der Waals surface area contributed by atoms with E-state index >= 15 is 0 Å². The number of anilines is 1. The lowest BCUT2D eigenvalue weighted by Crippen LogP contribution is -2.33. The maximum absolute atomic E-state index is 13.9. The largest absolute Gasteiger partial charge is 0.292 e. The molecule has 3 aromatic carbocycles. The van der Waals surface area contributed by atoms with Gasteiger partial charge in [0.2, 0.25) is 5.91 Å². The highest BCUT2D eigenvalue weighted by molar-refractivity contribution is 6.30. The third kappa shape index (κ3) is 5.44. The van der Waals surface area contributed by atoms with E-state index in [1.807, 2.05) is 73.8 Å². The summed E-state index contributed by atoms with van der Waals surface area (Å²) in [6.07, 6.45) is 3.63. The van der Waals surface area contributed by atoms with Crippen LogP contribution in [0.2, 0.25) is 5.02 Å². The van der Waals surface area contributed by atoms with E-state index in [2.05, 4.69) is 4.98 Å². The highest BCUT2D eigenvalue weighted by Gasteiger charge is 2.28. The van der Waals surface area contributed by atoms with Crippen LogP contribution in [0.15, 0.2) is 103 Å². The smallest absolute Gasteiger partial charge is 0.232 e. The molecule has 0 radical (unpaired) electrons. The maximum Gasteiger partial charge on any atom is 0.232 e. The molecule has 0 aliphatic carbocycles. The van der Waals surface area contributed by atoms with Gasteiger partial charge >= 0.3 is 0 Å². The molecule has 5 rings (SSSR count). The van der Waals surface area contributed by atoms with Gasteiger partial charge in [0.1, 0.15) is 17.3 Å². The number of rotatable bonds is 7. The number of halogens is 2. The molecule has 0 atom stereocenters.